The molecule has 0 spiro atoms. The zero-order valence-corrected chi connectivity index (χ0v) is 19.7. The highest BCUT2D eigenvalue weighted by atomic mass is 32.2. The van der Waals surface area contributed by atoms with Crippen molar-refractivity contribution in [2.45, 2.75) is 23.7 Å². The Bertz CT molecular complexity index is 1300. The number of hydrogen-bond acceptors (Lipinski definition) is 8. The molecular weight excluding hydrogens is 472 g/mol. The van der Waals surface area contributed by atoms with E-state index in [0.29, 0.717) is 33.1 Å². The fraction of sp³-hybridized carbons (Fsp3) is 0.261. The second-order valence-electron chi connectivity index (χ2n) is 8.15. The molecule has 2 aliphatic heterocycles. The molecule has 3 heterocycles. The van der Waals surface area contributed by atoms with Gasteiger partial charge in [0.2, 0.25) is 5.91 Å². The van der Waals surface area contributed by atoms with Crippen molar-refractivity contribution in [3.63, 3.8) is 0 Å². The van der Waals surface area contributed by atoms with Crippen molar-refractivity contribution in [3.05, 3.63) is 66.0 Å². The van der Waals surface area contributed by atoms with Crippen LogP contribution in [0.5, 0.6) is 11.5 Å². The number of thioether (sulfide) groups is 1. The van der Waals surface area contributed by atoms with E-state index in [-0.39, 0.29) is 12.4 Å². The molecular formula is C23H22N6O5S. The fourth-order valence-electron chi connectivity index (χ4n) is 3.87. The van der Waals surface area contributed by atoms with Crippen molar-refractivity contribution < 1.29 is 23.9 Å². The maximum atomic E-state index is 12.9. The van der Waals surface area contributed by atoms with Crippen LogP contribution in [0.1, 0.15) is 24.4 Å². The van der Waals surface area contributed by atoms with E-state index in [2.05, 4.69) is 20.9 Å². The first-order chi connectivity index (χ1) is 16.9. The van der Waals surface area contributed by atoms with Crippen LogP contribution in [-0.2, 0) is 22.2 Å². The third-order valence-corrected chi connectivity index (χ3v) is 6.80. The van der Waals surface area contributed by atoms with E-state index in [9.17, 15) is 14.4 Å². The van der Waals surface area contributed by atoms with Crippen molar-refractivity contribution in [1.29, 1.82) is 0 Å². The number of benzene rings is 2. The molecule has 5 rings (SSSR count). The van der Waals surface area contributed by atoms with Crippen molar-refractivity contribution in [1.82, 2.24) is 30.5 Å². The Morgan fingerprint density at radius 2 is 1.86 bits per heavy atom. The summed E-state index contributed by atoms with van der Waals surface area (Å²) in [7, 11) is 1.77. The summed E-state index contributed by atoms with van der Waals surface area (Å²) in [5.41, 5.74) is 1.74. The Morgan fingerprint density at radius 1 is 1.14 bits per heavy atom. The molecule has 180 valence electrons. The highest BCUT2D eigenvalue weighted by Gasteiger charge is 2.50. The number of nitrogens with zero attached hydrogens (tertiary/aromatic N) is 4. The van der Waals surface area contributed by atoms with E-state index in [1.165, 1.54) is 0 Å². The van der Waals surface area contributed by atoms with Gasteiger partial charge in [-0.05, 0) is 24.6 Å². The number of rotatable bonds is 6. The van der Waals surface area contributed by atoms with Crippen LogP contribution in [0, 0.1) is 0 Å². The topological polar surface area (TPSA) is 128 Å². The Hall–Kier alpha value is -4.06. The Morgan fingerprint density at radius 3 is 2.63 bits per heavy atom. The fourth-order valence-corrected chi connectivity index (χ4v) is 4.58. The molecule has 2 aromatic carbocycles. The van der Waals surface area contributed by atoms with Gasteiger partial charge >= 0.3 is 6.03 Å². The van der Waals surface area contributed by atoms with Gasteiger partial charge in [-0.3, -0.25) is 15.0 Å². The average Bonchev–Trinajstić information content (AvgIpc) is 3.35. The Balaban J connectivity index is 1.20. The van der Waals surface area contributed by atoms with Crippen LogP contribution in [0.2, 0.25) is 0 Å². The van der Waals surface area contributed by atoms with Crippen LogP contribution in [0.3, 0.4) is 0 Å². The van der Waals surface area contributed by atoms with Crippen molar-refractivity contribution in [2.75, 3.05) is 12.4 Å². The normalized spacial score (nSPS) is 21.1. The van der Waals surface area contributed by atoms with Crippen molar-refractivity contribution >= 4 is 29.6 Å². The molecule has 0 unspecified atom stereocenters. The van der Waals surface area contributed by atoms with E-state index in [0.717, 1.165) is 11.8 Å². The average molecular weight is 495 g/mol. The molecule has 11 nitrogen and oxygen atoms in total. The van der Waals surface area contributed by atoms with Crippen LogP contribution >= 0.6 is 11.8 Å². The SMILES string of the molecule is Cn1c(SCC(=O)NN2C(=O)N[C@@](C)(c3ccccc3)C2=O)nnc1[C@H]1COc2ccccc2O1. The molecule has 4 amide bonds. The lowest BCUT2D eigenvalue weighted by Gasteiger charge is -2.25. The maximum absolute atomic E-state index is 12.9. The van der Waals surface area contributed by atoms with E-state index in [4.69, 9.17) is 9.47 Å². The predicted molar refractivity (Wildman–Crippen MR) is 124 cm³/mol. The van der Waals surface area contributed by atoms with Gasteiger partial charge in [-0.1, -0.05) is 54.2 Å². The molecule has 1 fully saturated rings. The Labute approximate surface area is 204 Å². The molecule has 12 heteroatoms. The maximum Gasteiger partial charge on any atom is 0.344 e. The smallest absolute Gasteiger partial charge is 0.344 e. The second-order valence-corrected chi connectivity index (χ2v) is 9.09. The molecule has 1 saturated heterocycles. The number of hydrazine groups is 1. The number of carbonyl (C=O) groups is 3. The van der Waals surface area contributed by atoms with Gasteiger partial charge < -0.3 is 19.4 Å². The monoisotopic (exact) mass is 494 g/mol. The van der Waals surface area contributed by atoms with Crippen LogP contribution in [0.4, 0.5) is 4.79 Å². The van der Waals surface area contributed by atoms with Gasteiger partial charge in [0.25, 0.3) is 5.91 Å². The summed E-state index contributed by atoms with van der Waals surface area (Å²) < 4.78 is 13.4. The minimum absolute atomic E-state index is 0.0874. The first kappa shape index (κ1) is 22.7. The van der Waals surface area contributed by atoms with Crippen LogP contribution in [0.25, 0.3) is 0 Å². The van der Waals surface area contributed by atoms with Gasteiger partial charge in [0.05, 0.1) is 5.75 Å². The highest BCUT2D eigenvalue weighted by Crippen LogP contribution is 2.36. The van der Waals surface area contributed by atoms with Gasteiger partial charge in [-0.15, -0.1) is 10.2 Å². The minimum Gasteiger partial charge on any atom is -0.485 e. The number of nitrogens with one attached hydrogen (secondary N) is 2. The molecule has 2 aliphatic rings. The van der Waals surface area contributed by atoms with Crippen molar-refractivity contribution in [2.24, 2.45) is 7.05 Å². The molecule has 3 aromatic rings. The lowest BCUT2D eigenvalue weighted by Crippen LogP contribution is -2.48. The summed E-state index contributed by atoms with van der Waals surface area (Å²) in [4.78, 5) is 37.9. The number of urea groups is 1. The van der Waals surface area contributed by atoms with Gasteiger partial charge in [-0.2, -0.15) is 5.01 Å². The van der Waals surface area contributed by atoms with E-state index in [1.807, 2.05) is 30.3 Å². The lowest BCUT2D eigenvalue weighted by molar-refractivity contribution is -0.138. The van der Waals surface area contributed by atoms with E-state index >= 15 is 0 Å². The van der Waals surface area contributed by atoms with Crippen LogP contribution < -0.4 is 20.2 Å². The number of aromatic nitrogens is 3. The molecule has 0 radical (unpaired) electrons. The van der Waals surface area contributed by atoms with E-state index in [1.54, 1.807) is 42.8 Å². The quantitative estimate of drug-likeness (QED) is 0.393. The van der Waals surface area contributed by atoms with Gasteiger partial charge in [0.15, 0.2) is 28.6 Å². The summed E-state index contributed by atoms with van der Waals surface area (Å²) >= 11 is 1.12. The lowest BCUT2D eigenvalue weighted by atomic mass is 9.92. The molecule has 2 N–H and O–H groups in total. The third kappa shape index (κ3) is 4.16. The number of fused-ring (bicyclic) bond motifs is 1. The highest BCUT2D eigenvalue weighted by molar-refractivity contribution is 7.99. The van der Waals surface area contributed by atoms with Crippen molar-refractivity contribution in [3.8, 4) is 11.5 Å². The number of ether oxygens (including phenoxy) is 2. The molecule has 1 aromatic heterocycles. The molecule has 35 heavy (non-hydrogen) atoms. The standard InChI is InChI=1S/C23H22N6O5S/c1-23(14-8-4-3-5-9-14)20(31)29(21(32)24-23)27-18(30)13-35-22-26-25-19(28(22)2)17-12-33-15-10-6-7-11-16(15)34-17/h3-11,17H,12-13H2,1-2H3,(H,24,32)(H,27,30)/t17-,23+/m1/s1. The summed E-state index contributed by atoms with van der Waals surface area (Å²) in [5, 5.41) is 12.2. The second kappa shape index (κ2) is 8.95. The number of para-hydroxylation sites is 2. The minimum atomic E-state index is -1.27. The largest absolute Gasteiger partial charge is 0.485 e. The summed E-state index contributed by atoms with van der Waals surface area (Å²) in [6, 6.07) is 15.5. The molecule has 0 bridgehead atoms. The first-order valence-electron chi connectivity index (χ1n) is 10.8. The molecule has 2 atom stereocenters. The van der Waals surface area contributed by atoms with Gasteiger partial charge in [-0.25, -0.2) is 4.79 Å². The zero-order chi connectivity index (χ0) is 24.6. The summed E-state index contributed by atoms with van der Waals surface area (Å²) in [5.74, 6) is 0.650. The number of amides is 4. The van der Waals surface area contributed by atoms with Crippen LogP contribution in [-0.4, -0.2) is 50.0 Å². The zero-order valence-electron chi connectivity index (χ0n) is 18.9. The van der Waals surface area contributed by atoms with Gasteiger partial charge in [0, 0.05) is 7.05 Å². The first-order valence-corrected chi connectivity index (χ1v) is 11.8. The number of carbonyl (C=O) groups excluding carboxylic acids is 3. The Kier molecular flexibility index (Phi) is 5.81. The van der Waals surface area contributed by atoms with Crippen LogP contribution in [0.15, 0.2) is 59.8 Å². The summed E-state index contributed by atoms with van der Waals surface area (Å²) in [6.45, 7) is 1.88. The number of hydrogen-bond donors (Lipinski definition) is 2. The predicted octanol–water partition coefficient (Wildman–Crippen LogP) is 1.92. The third-order valence-electron chi connectivity index (χ3n) is 5.78. The molecule has 0 saturated carbocycles. The number of imide groups is 1. The van der Waals surface area contributed by atoms with Gasteiger partial charge in [0.1, 0.15) is 12.1 Å². The summed E-state index contributed by atoms with van der Waals surface area (Å²) in [6.07, 6.45) is -0.452. The van der Waals surface area contributed by atoms with E-state index < -0.39 is 29.5 Å². The molecule has 0 aliphatic carbocycles.